The van der Waals surface area contributed by atoms with Crippen LogP contribution in [0.2, 0.25) is 0 Å². The Labute approximate surface area is 361 Å². The molecule has 1 unspecified atom stereocenters. The molecule has 0 heterocycles. The summed E-state index contributed by atoms with van der Waals surface area (Å²) in [4.78, 5) is 25.3. The quantitative estimate of drug-likeness (QED) is 0.0348. The molecule has 338 valence electrons. The zero-order valence-electron chi connectivity index (χ0n) is 38.8. The van der Waals surface area contributed by atoms with Crippen molar-refractivity contribution < 1.29 is 23.8 Å². The maximum absolute atomic E-state index is 12.7. The lowest BCUT2D eigenvalue weighted by molar-refractivity contribution is -0.163. The zero-order chi connectivity index (χ0) is 42.1. The predicted molar refractivity (Wildman–Crippen MR) is 251 cm³/mol. The van der Waals surface area contributed by atoms with Crippen LogP contribution >= 0.6 is 0 Å². The molecule has 0 fully saturated rings. The van der Waals surface area contributed by atoms with Gasteiger partial charge in [0.15, 0.2) is 6.10 Å². The standard InChI is InChI=1S/C53H96O5/c1-4-7-10-13-16-19-22-24-25-26-27-28-30-33-36-39-42-45-48-56-49-51(58-53(55)47-44-41-38-35-31-21-18-15-12-9-6-3)50-57-52(54)46-43-40-37-34-32-29-23-20-17-14-11-8-5-2/h11,14-15,18,20,23-25,51H,4-10,12-13,16-17,19,21-22,26-50H2,1-3H3/b14-11-,18-15-,23-20-,25-24-. The van der Waals surface area contributed by atoms with Gasteiger partial charge in [0.05, 0.1) is 6.61 Å². The second-order valence-corrected chi connectivity index (χ2v) is 16.7. The van der Waals surface area contributed by atoms with Crippen molar-refractivity contribution in [2.75, 3.05) is 19.8 Å². The molecule has 0 N–H and O–H groups in total. The molecule has 5 nitrogen and oxygen atoms in total. The summed E-state index contributed by atoms with van der Waals surface area (Å²) in [5, 5.41) is 0. The summed E-state index contributed by atoms with van der Waals surface area (Å²) < 4.78 is 17.4. The highest BCUT2D eigenvalue weighted by atomic mass is 16.6. The molecule has 0 rings (SSSR count). The van der Waals surface area contributed by atoms with Crippen LogP contribution in [0, 0.1) is 0 Å². The molecule has 0 aliphatic heterocycles. The van der Waals surface area contributed by atoms with Crippen molar-refractivity contribution >= 4 is 11.9 Å². The van der Waals surface area contributed by atoms with Gasteiger partial charge in [-0.05, 0) is 89.9 Å². The normalized spacial score (nSPS) is 12.5. The lowest BCUT2D eigenvalue weighted by Gasteiger charge is -2.18. The molecule has 0 aromatic carbocycles. The summed E-state index contributed by atoms with van der Waals surface area (Å²) in [5.74, 6) is -0.421. The van der Waals surface area contributed by atoms with E-state index >= 15 is 0 Å². The van der Waals surface area contributed by atoms with Gasteiger partial charge in [-0.2, -0.15) is 0 Å². The van der Waals surface area contributed by atoms with Crippen molar-refractivity contribution in [3.8, 4) is 0 Å². The number of allylic oxidation sites excluding steroid dienone is 8. The number of hydrogen-bond donors (Lipinski definition) is 0. The van der Waals surface area contributed by atoms with Crippen molar-refractivity contribution in [3.05, 3.63) is 48.6 Å². The molecule has 0 aromatic rings. The summed E-state index contributed by atoms with van der Waals surface area (Å²) in [6.07, 6.45) is 59.7. The molecule has 0 aliphatic rings. The van der Waals surface area contributed by atoms with Crippen molar-refractivity contribution in [3.63, 3.8) is 0 Å². The SMILES string of the molecule is CCC/C=C\C/C=C\CCCCCCCC(=O)OCC(COCCCCCCCCCC/C=C\CCCCCCCC)OC(=O)CCCCCCC/C=C\CCCC. The van der Waals surface area contributed by atoms with E-state index < -0.39 is 6.10 Å². The van der Waals surface area contributed by atoms with Crippen molar-refractivity contribution in [2.24, 2.45) is 0 Å². The summed E-state index contributed by atoms with van der Waals surface area (Å²) in [6, 6.07) is 0. The molecule has 0 aromatic heterocycles. The first-order valence-corrected chi connectivity index (χ1v) is 25.2. The van der Waals surface area contributed by atoms with E-state index in [1.807, 2.05) is 0 Å². The molecule has 0 radical (unpaired) electrons. The molecule has 0 saturated heterocycles. The molecule has 0 saturated carbocycles. The molecule has 0 amide bonds. The van der Waals surface area contributed by atoms with Gasteiger partial charge in [0, 0.05) is 19.4 Å². The number of unbranched alkanes of at least 4 members (excludes halogenated alkanes) is 27. The van der Waals surface area contributed by atoms with E-state index in [4.69, 9.17) is 14.2 Å². The van der Waals surface area contributed by atoms with E-state index in [1.54, 1.807) is 0 Å². The Morgan fingerprint density at radius 3 is 1.28 bits per heavy atom. The second-order valence-electron chi connectivity index (χ2n) is 16.7. The third-order valence-corrected chi connectivity index (χ3v) is 10.8. The van der Waals surface area contributed by atoms with Gasteiger partial charge in [-0.1, -0.05) is 198 Å². The van der Waals surface area contributed by atoms with Crippen molar-refractivity contribution in [1.82, 2.24) is 0 Å². The Kier molecular flexibility index (Phi) is 47.4. The first-order valence-electron chi connectivity index (χ1n) is 25.2. The van der Waals surface area contributed by atoms with E-state index in [0.717, 1.165) is 70.6 Å². The third kappa shape index (κ3) is 46.5. The van der Waals surface area contributed by atoms with E-state index in [9.17, 15) is 9.59 Å². The van der Waals surface area contributed by atoms with Crippen LogP contribution in [0.5, 0.6) is 0 Å². The largest absolute Gasteiger partial charge is 0.462 e. The maximum Gasteiger partial charge on any atom is 0.306 e. The number of ether oxygens (including phenoxy) is 3. The van der Waals surface area contributed by atoms with Gasteiger partial charge in [-0.25, -0.2) is 0 Å². The van der Waals surface area contributed by atoms with Crippen molar-refractivity contribution in [2.45, 2.75) is 258 Å². The summed E-state index contributed by atoms with van der Waals surface area (Å²) in [5.41, 5.74) is 0. The van der Waals surface area contributed by atoms with E-state index in [2.05, 4.69) is 69.4 Å². The van der Waals surface area contributed by atoms with E-state index in [1.165, 1.54) is 148 Å². The monoisotopic (exact) mass is 813 g/mol. The predicted octanol–water partition coefficient (Wildman–Crippen LogP) is 16.8. The number of hydrogen-bond acceptors (Lipinski definition) is 5. The topological polar surface area (TPSA) is 61.8 Å². The minimum Gasteiger partial charge on any atom is -0.462 e. The average Bonchev–Trinajstić information content (AvgIpc) is 3.22. The van der Waals surface area contributed by atoms with Gasteiger partial charge >= 0.3 is 11.9 Å². The Balaban J connectivity index is 4.23. The van der Waals surface area contributed by atoms with Gasteiger partial charge < -0.3 is 14.2 Å². The molecular formula is C53H96O5. The molecule has 58 heavy (non-hydrogen) atoms. The van der Waals surface area contributed by atoms with E-state index in [0.29, 0.717) is 19.4 Å². The Morgan fingerprint density at radius 1 is 0.379 bits per heavy atom. The van der Waals surface area contributed by atoms with Crippen molar-refractivity contribution in [1.29, 1.82) is 0 Å². The lowest BCUT2D eigenvalue weighted by atomic mass is 10.1. The third-order valence-electron chi connectivity index (χ3n) is 10.8. The smallest absolute Gasteiger partial charge is 0.306 e. The lowest BCUT2D eigenvalue weighted by Crippen LogP contribution is -2.30. The highest BCUT2D eigenvalue weighted by Gasteiger charge is 2.17. The van der Waals surface area contributed by atoms with Crippen LogP contribution in [-0.4, -0.2) is 37.9 Å². The van der Waals surface area contributed by atoms with Gasteiger partial charge in [-0.3, -0.25) is 9.59 Å². The van der Waals surface area contributed by atoms with Crippen LogP contribution in [0.25, 0.3) is 0 Å². The van der Waals surface area contributed by atoms with Gasteiger partial charge in [0.2, 0.25) is 0 Å². The number of carbonyl (C=O) groups excluding carboxylic acids is 2. The Morgan fingerprint density at radius 2 is 0.776 bits per heavy atom. The second kappa shape index (κ2) is 49.2. The van der Waals surface area contributed by atoms with E-state index in [-0.39, 0.29) is 25.2 Å². The van der Waals surface area contributed by atoms with Crippen LogP contribution < -0.4 is 0 Å². The average molecular weight is 813 g/mol. The number of esters is 2. The fourth-order valence-corrected chi connectivity index (χ4v) is 6.99. The summed E-state index contributed by atoms with van der Waals surface area (Å²) >= 11 is 0. The molecule has 0 aliphatic carbocycles. The fourth-order valence-electron chi connectivity index (χ4n) is 6.99. The van der Waals surface area contributed by atoms with Crippen LogP contribution in [0.1, 0.15) is 252 Å². The first-order chi connectivity index (χ1) is 28.6. The molecule has 5 heteroatoms. The number of rotatable bonds is 46. The van der Waals surface area contributed by atoms with Gasteiger partial charge in [-0.15, -0.1) is 0 Å². The minimum absolute atomic E-state index is 0.0746. The zero-order valence-corrected chi connectivity index (χ0v) is 38.8. The fraction of sp³-hybridized carbons (Fsp3) is 0.811. The molecule has 1 atom stereocenters. The minimum atomic E-state index is -0.545. The maximum atomic E-state index is 12.7. The highest BCUT2D eigenvalue weighted by Crippen LogP contribution is 2.14. The van der Waals surface area contributed by atoms with Gasteiger partial charge in [0.1, 0.15) is 6.61 Å². The molecule has 0 bridgehead atoms. The van der Waals surface area contributed by atoms with Crippen LogP contribution in [0.15, 0.2) is 48.6 Å². The molecule has 0 spiro atoms. The van der Waals surface area contributed by atoms with Crippen LogP contribution in [-0.2, 0) is 23.8 Å². The van der Waals surface area contributed by atoms with Crippen LogP contribution in [0.3, 0.4) is 0 Å². The van der Waals surface area contributed by atoms with Crippen LogP contribution in [0.4, 0.5) is 0 Å². The Bertz CT molecular complexity index is 966. The number of carbonyl (C=O) groups is 2. The summed E-state index contributed by atoms with van der Waals surface area (Å²) in [6.45, 7) is 7.71. The highest BCUT2D eigenvalue weighted by molar-refractivity contribution is 5.70. The first kappa shape index (κ1) is 55.9. The van der Waals surface area contributed by atoms with Gasteiger partial charge in [0.25, 0.3) is 0 Å². The summed E-state index contributed by atoms with van der Waals surface area (Å²) in [7, 11) is 0. The molecular weight excluding hydrogens is 717 g/mol. The Hall–Kier alpha value is -2.14.